The Labute approximate surface area is 108 Å². The van der Waals surface area contributed by atoms with Crippen molar-refractivity contribution in [2.75, 3.05) is 14.1 Å². The number of hydrogen-bond acceptors (Lipinski definition) is 3. The van der Waals surface area contributed by atoms with Crippen molar-refractivity contribution in [2.24, 2.45) is 0 Å². The van der Waals surface area contributed by atoms with Crippen molar-refractivity contribution >= 4 is 0 Å². The third-order valence-corrected chi connectivity index (χ3v) is 4.04. The van der Waals surface area contributed by atoms with E-state index in [1.807, 2.05) is 13.8 Å². The highest BCUT2D eigenvalue weighted by Crippen LogP contribution is 2.37. The Balaban J connectivity index is 2.59. The zero-order valence-corrected chi connectivity index (χ0v) is 11.1. The first-order valence-corrected chi connectivity index (χ1v) is 5.91. The third-order valence-electron chi connectivity index (χ3n) is 4.04. The molecule has 0 spiro atoms. The molecule has 0 bridgehead atoms. The van der Waals surface area contributed by atoms with Gasteiger partial charge in [0.25, 0.3) is 11.9 Å². The first-order valence-electron chi connectivity index (χ1n) is 5.91. The molecule has 0 saturated carbocycles. The van der Waals surface area contributed by atoms with E-state index in [4.69, 9.17) is 0 Å². The predicted molar refractivity (Wildman–Crippen MR) is 61.3 cm³/mol. The summed E-state index contributed by atoms with van der Waals surface area (Å²) in [6.45, 7) is 3.76. The Morgan fingerprint density at radius 3 is 1.58 bits per heavy atom. The van der Waals surface area contributed by atoms with Crippen molar-refractivity contribution in [3.63, 3.8) is 0 Å². The van der Waals surface area contributed by atoms with E-state index in [0.29, 0.717) is 0 Å². The number of rotatable bonds is 1. The maximum atomic E-state index is 13.8. The molecule has 1 aliphatic rings. The predicted octanol–water partition coefficient (Wildman–Crippen LogP) is 2.29. The van der Waals surface area contributed by atoms with Gasteiger partial charge in [-0.05, 0) is 27.9 Å². The van der Waals surface area contributed by atoms with Crippen molar-refractivity contribution in [3.8, 4) is 0 Å². The van der Waals surface area contributed by atoms with Crippen LogP contribution >= 0.6 is 0 Å². The molecule has 1 aromatic heterocycles. The molecule has 106 valence electrons. The van der Waals surface area contributed by atoms with Crippen LogP contribution < -0.4 is 0 Å². The molecule has 3 nitrogen and oxygen atoms in total. The molecule has 2 heterocycles. The summed E-state index contributed by atoms with van der Waals surface area (Å²) >= 11 is 0. The minimum atomic E-state index is -1.62. The summed E-state index contributed by atoms with van der Waals surface area (Å²) in [4.78, 5) is 5.92. The normalized spacial score (nSPS) is 29.2. The van der Waals surface area contributed by atoms with Crippen molar-refractivity contribution < 1.29 is 17.6 Å². The van der Waals surface area contributed by atoms with E-state index in [0.717, 1.165) is 0 Å². The quantitative estimate of drug-likeness (QED) is 0.580. The van der Waals surface area contributed by atoms with E-state index in [1.165, 1.54) is 0 Å². The number of pyridine rings is 1. The average molecular weight is 277 g/mol. The van der Waals surface area contributed by atoms with Gasteiger partial charge in [0.05, 0.1) is 11.7 Å². The number of likely N-dealkylation sites (N-methyl/N-ethyl adjacent to an activating group) is 2. The van der Waals surface area contributed by atoms with Gasteiger partial charge < -0.3 is 0 Å². The van der Waals surface area contributed by atoms with E-state index in [2.05, 4.69) is 4.98 Å². The zero-order chi connectivity index (χ0) is 14.5. The fraction of sp³-hybridized carbons (Fsp3) is 0.583. The van der Waals surface area contributed by atoms with E-state index in [9.17, 15) is 17.6 Å². The fourth-order valence-electron chi connectivity index (χ4n) is 2.55. The summed E-state index contributed by atoms with van der Waals surface area (Å²) in [6.07, 6.45) is -0.864. The van der Waals surface area contributed by atoms with E-state index in [-0.39, 0.29) is 12.1 Å². The molecule has 19 heavy (non-hydrogen) atoms. The van der Waals surface area contributed by atoms with Crippen LogP contribution in [0.4, 0.5) is 17.6 Å². The van der Waals surface area contributed by atoms with E-state index >= 15 is 0 Å². The molecular weight excluding hydrogens is 262 g/mol. The molecule has 7 heteroatoms. The van der Waals surface area contributed by atoms with Crippen LogP contribution in [-0.2, 0) is 0 Å². The van der Waals surface area contributed by atoms with Crippen molar-refractivity contribution in [2.45, 2.75) is 32.1 Å². The van der Waals surface area contributed by atoms with Gasteiger partial charge >= 0.3 is 0 Å². The summed E-state index contributed by atoms with van der Waals surface area (Å²) in [5.41, 5.74) is -0.633. The summed E-state index contributed by atoms with van der Waals surface area (Å²) in [7, 11) is 3.31. The number of hydrogen-bond donors (Lipinski definition) is 0. The minimum Gasteiger partial charge on any atom is -0.283 e. The molecule has 0 N–H and O–H groups in total. The van der Waals surface area contributed by atoms with Gasteiger partial charge in [-0.3, -0.25) is 9.80 Å². The highest BCUT2D eigenvalue weighted by atomic mass is 19.2. The second-order valence-corrected chi connectivity index (χ2v) is 4.92. The monoisotopic (exact) mass is 277 g/mol. The Kier molecular flexibility index (Phi) is 3.53. The van der Waals surface area contributed by atoms with Crippen molar-refractivity contribution in [1.82, 2.24) is 14.8 Å². The Hall–Kier alpha value is -1.21. The minimum absolute atomic E-state index is 0.00640. The first-order chi connectivity index (χ1) is 8.77. The summed E-state index contributed by atoms with van der Waals surface area (Å²) in [5, 5.41) is 0. The van der Waals surface area contributed by atoms with Crippen LogP contribution in [0.15, 0.2) is 0 Å². The van der Waals surface area contributed by atoms with Gasteiger partial charge in [-0.15, -0.1) is 0 Å². The van der Waals surface area contributed by atoms with Crippen molar-refractivity contribution in [3.05, 3.63) is 29.1 Å². The highest BCUT2D eigenvalue weighted by molar-refractivity contribution is 5.23. The molecule has 2 rings (SSSR count). The average Bonchev–Trinajstić information content (AvgIpc) is 2.54. The smallest absolute Gasteiger partial charge is 0.252 e. The molecule has 1 fully saturated rings. The van der Waals surface area contributed by atoms with Crippen LogP contribution in [0.1, 0.15) is 25.6 Å². The number of aromatic nitrogens is 1. The second kappa shape index (κ2) is 4.72. The fourth-order valence-corrected chi connectivity index (χ4v) is 2.55. The highest BCUT2D eigenvalue weighted by Gasteiger charge is 2.43. The van der Waals surface area contributed by atoms with Gasteiger partial charge in [-0.25, -0.2) is 8.78 Å². The first kappa shape index (κ1) is 14.2. The van der Waals surface area contributed by atoms with E-state index in [1.54, 1.807) is 23.9 Å². The lowest BCUT2D eigenvalue weighted by Gasteiger charge is -2.27. The van der Waals surface area contributed by atoms with Gasteiger partial charge in [-0.2, -0.15) is 13.8 Å². The van der Waals surface area contributed by atoms with Crippen molar-refractivity contribution in [1.29, 1.82) is 0 Å². The SMILES string of the molecule is CC1C(C)N(C)C(c2c(F)c(F)nc(F)c2F)N1C. The molecule has 1 saturated heterocycles. The third kappa shape index (κ3) is 2.01. The molecule has 2 atom stereocenters. The Bertz CT molecular complexity index is 468. The maximum absolute atomic E-state index is 13.8. The number of halogens is 4. The lowest BCUT2D eigenvalue weighted by molar-refractivity contribution is 0.154. The van der Waals surface area contributed by atoms with Crippen LogP contribution in [0.3, 0.4) is 0 Å². The summed E-state index contributed by atoms with van der Waals surface area (Å²) in [6, 6.07) is -0.0128. The summed E-state index contributed by atoms with van der Waals surface area (Å²) < 4.78 is 54.0. The zero-order valence-electron chi connectivity index (χ0n) is 11.1. The lowest BCUT2D eigenvalue weighted by atomic mass is 10.1. The second-order valence-electron chi connectivity index (χ2n) is 4.92. The molecule has 1 aromatic rings. The molecule has 0 aliphatic carbocycles. The Morgan fingerprint density at radius 1 is 0.842 bits per heavy atom. The van der Waals surface area contributed by atoms with Crippen LogP contribution in [0, 0.1) is 23.5 Å². The summed E-state index contributed by atoms with van der Waals surface area (Å²) in [5.74, 6) is -6.13. The van der Waals surface area contributed by atoms with Gasteiger partial charge in [0.15, 0.2) is 11.6 Å². The molecule has 0 radical (unpaired) electrons. The van der Waals surface area contributed by atoms with Gasteiger partial charge in [0.1, 0.15) is 0 Å². The standard InChI is InChI=1S/C12H15F4N3/c1-5-6(2)19(4)12(18(5)3)7-8(13)10(15)17-11(16)9(7)14/h5-6,12H,1-4H3. The Morgan fingerprint density at radius 2 is 1.21 bits per heavy atom. The molecule has 2 unspecified atom stereocenters. The topological polar surface area (TPSA) is 19.4 Å². The lowest BCUT2D eigenvalue weighted by Crippen LogP contribution is -2.30. The number of nitrogens with zero attached hydrogens (tertiary/aromatic N) is 3. The molecular formula is C12H15F4N3. The maximum Gasteiger partial charge on any atom is 0.252 e. The molecule has 1 aliphatic heterocycles. The van der Waals surface area contributed by atoms with Gasteiger partial charge in [0, 0.05) is 12.1 Å². The van der Waals surface area contributed by atoms with Gasteiger partial charge in [-0.1, -0.05) is 0 Å². The van der Waals surface area contributed by atoms with Crippen LogP contribution in [0.5, 0.6) is 0 Å². The van der Waals surface area contributed by atoms with Gasteiger partial charge in [0.2, 0.25) is 0 Å². The molecule has 0 aromatic carbocycles. The van der Waals surface area contributed by atoms with E-state index < -0.39 is 35.3 Å². The largest absolute Gasteiger partial charge is 0.283 e. The van der Waals surface area contributed by atoms with Crippen LogP contribution in [0.25, 0.3) is 0 Å². The molecule has 0 amide bonds. The van der Waals surface area contributed by atoms with Crippen LogP contribution in [0.2, 0.25) is 0 Å². The van der Waals surface area contributed by atoms with Crippen LogP contribution in [-0.4, -0.2) is 41.0 Å².